The second kappa shape index (κ2) is 6.70. The van der Waals surface area contributed by atoms with Crippen LogP contribution in [0.3, 0.4) is 0 Å². The van der Waals surface area contributed by atoms with Gasteiger partial charge in [-0.25, -0.2) is 4.79 Å². The second-order valence-electron chi connectivity index (χ2n) is 4.62. The lowest BCUT2D eigenvalue weighted by Gasteiger charge is -2.07. The average Bonchev–Trinajstić information content (AvgIpc) is 2.79. The number of nitrogens with zero attached hydrogens (tertiary/aromatic N) is 3. The van der Waals surface area contributed by atoms with E-state index in [0.717, 1.165) is 32.4 Å². The lowest BCUT2D eigenvalue weighted by Crippen LogP contribution is -2.12. The first-order chi connectivity index (χ1) is 11.6. The molecule has 25 heavy (non-hydrogen) atoms. The Labute approximate surface area is 146 Å². The number of methoxy groups -OCH3 is 1. The van der Waals surface area contributed by atoms with Crippen molar-refractivity contribution in [2.75, 3.05) is 7.11 Å². The Balaban J connectivity index is 2.45. The van der Waals surface area contributed by atoms with E-state index in [4.69, 9.17) is 4.74 Å². The summed E-state index contributed by atoms with van der Waals surface area (Å²) in [5.41, 5.74) is -2.01. The summed E-state index contributed by atoms with van der Waals surface area (Å²) >= 11 is 2.77. The highest BCUT2D eigenvalue weighted by molar-refractivity contribution is 9.10. The van der Waals surface area contributed by atoms with E-state index < -0.39 is 44.4 Å². The predicted molar refractivity (Wildman–Crippen MR) is 80.4 cm³/mol. The standard InChI is InChI=1S/C13H9BrF3N3O5/c1-19-10(13(15,16)17)9(14)11(18-19)25-6-3-4-8(20(22)23)7(5-6)12(21)24-2/h3-5H,1-2H3. The van der Waals surface area contributed by atoms with Crippen molar-refractivity contribution in [1.82, 2.24) is 9.78 Å². The predicted octanol–water partition coefficient (Wildman–Crippen LogP) is 3.69. The summed E-state index contributed by atoms with van der Waals surface area (Å²) in [6.07, 6.45) is -4.67. The number of carbonyl (C=O) groups is 1. The normalized spacial score (nSPS) is 11.3. The molecule has 8 nitrogen and oxygen atoms in total. The number of aryl methyl sites for hydroxylation is 1. The van der Waals surface area contributed by atoms with E-state index in [0.29, 0.717) is 4.68 Å². The number of nitro groups is 1. The fourth-order valence-corrected chi connectivity index (χ4v) is 2.61. The van der Waals surface area contributed by atoms with Crippen LogP contribution in [0.5, 0.6) is 11.6 Å². The summed E-state index contributed by atoms with van der Waals surface area (Å²) < 4.78 is 48.6. The smallest absolute Gasteiger partial charge is 0.434 e. The number of nitro benzene ring substituents is 1. The first kappa shape index (κ1) is 18.7. The molecule has 2 aromatic rings. The first-order valence-corrected chi connectivity index (χ1v) is 7.19. The zero-order valence-corrected chi connectivity index (χ0v) is 14.2. The van der Waals surface area contributed by atoms with E-state index in [1.165, 1.54) is 0 Å². The highest BCUT2D eigenvalue weighted by Crippen LogP contribution is 2.40. The largest absolute Gasteiger partial charge is 0.465 e. The molecule has 0 fully saturated rings. The number of halogens is 4. The molecule has 0 aliphatic heterocycles. The number of carbonyl (C=O) groups excluding carboxylic acids is 1. The van der Waals surface area contributed by atoms with Gasteiger partial charge in [0.2, 0.25) is 0 Å². The molecule has 1 aromatic carbocycles. The minimum absolute atomic E-state index is 0.126. The van der Waals surface area contributed by atoms with Gasteiger partial charge in [0.25, 0.3) is 11.6 Å². The van der Waals surface area contributed by atoms with Gasteiger partial charge in [-0.15, -0.1) is 5.10 Å². The molecule has 12 heteroatoms. The van der Waals surface area contributed by atoms with Crippen LogP contribution < -0.4 is 4.74 Å². The number of rotatable bonds is 4. The Morgan fingerprint density at radius 3 is 2.52 bits per heavy atom. The van der Waals surface area contributed by atoms with Crippen molar-refractivity contribution in [2.45, 2.75) is 6.18 Å². The second-order valence-corrected chi connectivity index (χ2v) is 5.41. The van der Waals surface area contributed by atoms with E-state index in [2.05, 4.69) is 25.8 Å². The Morgan fingerprint density at radius 2 is 2.04 bits per heavy atom. The third-order valence-corrected chi connectivity index (χ3v) is 3.73. The van der Waals surface area contributed by atoms with Crippen LogP contribution in [0.15, 0.2) is 22.7 Å². The fourth-order valence-electron chi connectivity index (χ4n) is 1.97. The van der Waals surface area contributed by atoms with Crippen molar-refractivity contribution in [3.8, 4) is 11.6 Å². The zero-order valence-electron chi connectivity index (χ0n) is 12.6. The summed E-state index contributed by atoms with van der Waals surface area (Å²) in [7, 11) is 2.11. The summed E-state index contributed by atoms with van der Waals surface area (Å²) in [6, 6.07) is 3.08. The van der Waals surface area contributed by atoms with Gasteiger partial charge in [-0.2, -0.15) is 13.2 Å². The molecule has 1 aromatic heterocycles. The van der Waals surface area contributed by atoms with Crippen LogP contribution >= 0.6 is 15.9 Å². The van der Waals surface area contributed by atoms with Crippen LogP contribution in [0.2, 0.25) is 0 Å². The molecule has 0 radical (unpaired) electrons. The molecule has 0 spiro atoms. The molecule has 0 saturated heterocycles. The van der Waals surface area contributed by atoms with Gasteiger partial charge in [0.15, 0.2) is 5.69 Å². The van der Waals surface area contributed by atoms with Crippen LogP contribution in [0.25, 0.3) is 0 Å². The maximum atomic E-state index is 12.9. The summed E-state index contributed by atoms with van der Waals surface area (Å²) in [6.45, 7) is 0. The Kier molecular flexibility index (Phi) is 5.02. The van der Waals surface area contributed by atoms with Gasteiger partial charge in [0, 0.05) is 19.2 Å². The Bertz CT molecular complexity index is 850. The molecule has 0 unspecified atom stereocenters. The van der Waals surface area contributed by atoms with Crippen molar-refractivity contribution in [1.29, 1.82) is 0 Å². The molecule has 0 aliphatic carbocycles. The molecule has 0 saturated carbocycles. The number of alkyl halides is 3. The van der Waals surface area contributed by atoms with Gasteiger partial charge in [-0.3, -0.25) is 14.8 Å². The van der Waals surface area contributed by atoms with E-state index in [9.17, 15) is 28.1 Å². The third-order valence-electron chi connectivity index (χ3n) is 3.01. The lowest BCUT2D eigenvalue weighted by atomic mass is 10.1. The summed E-state index contributed by atoms with van der Waals surface area (Å²) in [5.74, 6) is -1.54. The number of hydrogen-bond acceptors (Lipinski definition) is 6. The first-order valence-electron chi connectivity index (χ1n) is 6.40. The maximum Gasteiger partial charge on any atom is 0.434 e. The molecule has 0 atom stereocenters. The van der Waals surface area contributed by atoms with Crippen LogP contribution in [-0.4, -0.2) is 27.8 Å². The number of benzene rings is 1. The highest BCUT2D eigenvalue weighted by Gasteiger charge is 2.39. The van der Waals surface area contributed by atoms with E-state index in [1.54, 1.807) is 0 Å². The van der Waals surface area contributed by atoms with E-state index in [-0.39, 0.29) is 5.75 Å². The lowest BCUT2D eigenvalue weighted by molar-refractivity contribution is -0.385. The van der Waals surface area contributed by atoms with Gasteiger partial charge >= 0.3 is 12.1 Å². The number of aromatic nitrogens is 2. The highest BCUT2D eigenvalue weighted by atomic mass is 79.9. The number of ether oxygens (including phenoxy) is 2. The molecular formula is C13H9BrF3N3O5. The van der Waals surface area contributed by atoms with Crippen molar-refractivity contribution >= 4 is 27.6 Å². The van der Waals surface area contributed by atoms with Crippen molar-refractivity contribution in [2.24, 2.45) is 7.05 Å². The quantitative estimate of drug-likeness (QED) is 0.422. The number of esters is 1. The topological polar surface area (TPSA) is 96.5 Å². The van der Waals surface area contributed by atoms with Crippen LogP contribution in [-0.2, 0) is 18.0 Å². The molecule has 0 N–H and O–H groups in total. The van der Waals surface area contributed by atoms with Crippen LogP contribution in [0.4, 0.5) is 18.9 Å². The van der Waals surface area contributed by atoms with E-state index >= 15 is 0 Å². The fraction of sp³-hybridized carbons (Fsp3) is 0.231. The molecule has 0 bridgehead atoms. The van der Waals surface area contributed by atoms with Gasteiger partial charge in [-0.05, 0) is 22.0 Å². The minimum Gasteiger partial charge on any atom is -0.465 e. The summed E-state index contributed by atoms with van der Waals surface area (Å²) in [4.78, 5) is 21.8. The number of hydrogen-bond donors (Lipinski definition) is 0. The SMILES string of the molecule is COC(=O)c1cc(Oc2nn(C)c(C(F)(F)F)c2Br)ccc1[N+](=O)[O-]. The van der Waals surface area contributed by atoms with Gasteiger partial charge in [-0.1, -0.05) is 0 Å². The van der Waals surface area contributed by atoms with Crippen molar-refractivity contribution < 1.29 is 32.4 Å². The van der Waals surface area contributed by atoms with Gasteiger partial charge in [0.05, 0.1) is 12.0 Å². The zero-order chi connectivity index (χ0) is 18.9. The van der Waals surface area contributed by atoms with Crippen LogP contribution in [0, 0.1) is 10.1 Å². The molecule has 0 amide bonds. The molecule has 1 heterocycles. The average molecular weight is 424 g/mol. The molecule has 134 valence electrons. The molecule has 0 aliphatic rings. The summed E-state index contributed by atoms with van der Waals surface area (Å²) in [5, 5.41) is 14.5. The third kappa shape index (κ3) is 3.73. The molecular weight excluding hydrogens is 415 g/mol. The van der Waals surface area contributed by atoms with Crippen LogP contribution in [0.1, 0.15) is 16.1 Å². The van der Waals surface area contributed by atoms with Crippen molar-refractivity contribution in [3.05, 3.63) is 44.0 Å². The Morgan fingerprint density at radius 1 is 1.40 bits per heavy atom. The minimum atomic E-state index is -4.67. The Hall–Kier alpha value is -2.63. The molecule has 2 rings (SSSR count). The van der Waals surface area contributed by atoms with Gasteiger partial charge in [0.1, 0.15) is 15.8 Å². The van der Waals surface area contributed by atoms with Crippen molar-refractivity contribution in [3.63, 3.8) is 0 Å². The maximum absolute atomic E-state index is 12.9. The van der Waals surface area contributed by atoms with E-state index in [1.807, 2.05) is 0 Å². The van der Waals surface area contributed by atoms with Gasteiger partial charge < -0.3 is 9.47 Å². The monoisotopic (exact) mass is 423 g/mol.